The van der Waals surface area contributed by atoms with Crippen molar-refractivity contribution in [2.45, 2.75) is 26.2 Å². The highest BCUT2D eigenvalue weighted by Gasteiger charge is 2.23. The molecule has 1 aliphatic heterocycles. The fourth-order valence-electron chi connectivity index (χ4n) is 3.07. The molecule has 0 aromatic heterocycles. The Morgan fingerprint density at radius 2 is 1.81 bits per heavy atom. The highest BCUT2D eigenvalue weighted by molar-refractivity contribution is 6.05. The predicted molar refractivity (Wildman–Crippen MR) is 98.6 cm³/mol. The Hall–Kier alpha value is -3.15. The molecule has 1 unspecified atom stereocenters. The normalized spacial score (nSPS) is 13.8. The maximum absolute atomic E-state index is 12.5. The molecule has 0 spiro atoms. The number of carboxylic acid groups (broad SMARTS) is 1. The quantitative estimate of drug-likeness (QED) is 0.885. The summed E-state index contributed by atoms with van der Waals surface area (Å²) in [6.45, 7) is 3.79. The van der Waals surface area contributed by atoms with Crippen molar-refractivity contribution in [3.8, 4) is 0 Å². The van der Waals surface area contributed by atoms with Crippen LogP contribution in [0.1, 0.15) is 41.3 Å². The Labute approximate surface area is 151 Å². The number of fused-ring (bicyclic) bond motifs is 1. The van der Waals surface area contributed by atoms with E-state index in [-0.39, 0.29) is 11.8 Å². The van der Waals surface area contributed by atoms with Crippen LogP contribution in [0.15, 0.2) is 42.5 Å². The second kappa shape index (κ2) is 7.00. The third-order valence-electron chi connectivity index (χ3n) is 4.66. The number of nitrogens with zero attached hydrogens (tertiary/aromatic N) is 1. The minimum Gasteiger partial charge on any atom is -0.481 e. The monoisotopic (exact) mass is 352 g/mol. The smallest absolute Gasteiger partial charge is 0.310 e. The zero-order valence-electron chi connectivity index (χ0n) is 14.7. The number of benzene rings is 2. The van der Waals surface area contributed by atoms with E-state index >= 15 is 0 Å². The van der Waals surface area contributed by atoms with E-state index in [1.165, 1.54) is 6.92 Å². The number of hydrogen-bond acceptors (Lipinski definition) is 3. The molecule has 2 N–H and O–H groups in total. The third-order valence-corrected chi connectivity index (χ3v) is 4.66. The summed E-state index contributed by atoms with van der Waals surface area (Å²) in [6.07, 6.45) is 0.734. The first-order valence-electron chi connectivity index (χ1n) is 8.42. The van der Waals surface area contributed by atoms with E-state index < -0.39 is 11.9 Å². The minimum atomic E-state index is -0.889. The van der Waals surface area contributed by atoms with Gasteiger partial charge in [-0.05, 0) is 54.8 Å². The lowest BCUT2D eigenvalue weighted by atomic mass is 10.0. The number of anilines is 2. The Bertz CT molecular complexity index is 874. The number of rotatable bonds is 4. The topological polar surface area (TPSA) is 86.7 Å². The molecule has 26 heavy (non-hydrogen) atoms. The first-order valence-corrected chi connectivity index (χ1v) is 8.42. The van der Waals surface area contributed by atoms with Gasteiger partial charge in [-0.25, -0.2) is 0 Å². The fourth-order valence-corrected chi connectivity index (χ4v) is 3.07. The van der Waals surface area contributed by atoms with Crippen LogP contribution in [0, 0.1) is 0 Å². The van der Waals surface area contributed by atoms with Crippen LogP contribution in [-0.4, -0.2) is 29.4 Å². The van der Waals surface area contributed by atoms with Crippen molar-refractivity contribution in [1.82, 2.24) is 0 Å². The van der Waals surface area contributed by atoms with Crippen molar-refractivity contribution in [1.29, 1.82) is 0 Å². The van der Waals surface area contributed by atoms with Gasteiger partial charge in [0.05, 0.1) is 5.92 Å². The Kier molecular flexibility index (Phi) is 4.75. The van der Waals surface area contributed by atoms with Crippen LogP contribution < -0.4 is 10.2 Å². The Morgan fingerprint density at radius 3 is 2.42 bits per heavy atom. The number of carboxylic acids is 1. The van der Waals surface area contributed by atoms with Gasteiger partial charge in [-0.1, -0.05) is 12.1 Å². The molecule has 0 bridgehead atoms. The number of carbonyl (C=O) groups is 3. The van der Waals surface area contributed by atoms with Crippen molar-refractivity contribution in [3.05, 3.63) is 59.2 Å². The van der Waals surface area contributed by atoms with Gasteiger partial charge < -0.3 is 15.3 Å². The number of aliphatic carboxylic acids is 1. The first-order chi connectivity index (χ1) is 12.4. The zero-order valence-corrected chi connectivity index (χ0v) is 14.7. The summed E-state index contributed by atoms with van der Waals surface area (Å²) < 4.78 is 0. The van der Waals surface area contributed by atoms with Crippen LogP contribution >= 0.6 is 0 Å². The van der Waals surface area contributed by atoms with Crippen molar-refractivity contribution in [2.24, 2.45) is 0 Å². The van der Waals surface area contributed by atoms with Crippen molar-refractivity contribution < 1.29 is 19.5 Å². The van der Waals surface area contributed by atoms with Crippen molar-refractivity contribution in [3.63, 3.8) is 0 Å². The van der Waals surface area contributed by atoms with Gasteiger partial charge in [-0.15, -0.1) is 0 Å². The molecule has 0 aliphatic carbocycles. The maximum Gasteiger partial charge on any atom is 0.310 e. The SMILES string of the molecule is CC(=O)N1CCc2cc(C(=O)Nc3ccc(C(C)C(=O)O)cc3)ccc21. The van der Waals surface area contributed by atoms with Gasteiger partial charge in [-0.3, -0.25) is 14.4 Å². The number of hydrogen-bond donors (Lipinski definition) is 2. The zero-order chi connectivity index (χ0) is 18.8. The molecule has 1 aliphatic rings. The van der Waals surface area contributed by atoms with Gasteiger partial charge in [-0.2, -0.15) is 0 Å². The minimum absolute atomic E-state index is 0.00312. The van der Waals surface area contributed by atoms with E-state index in [0.29, 0.717) is 23.4 Å². The molecule has 3 rings (SSSR count). The summed E-state index contributed by atoms with van der Waals surface area (Å²) in [7, 11) is 0. The second-order valence-corrected chi connectivity index (χ2v) is 6.40. The summed E-state index contributed by atoms with van der Waals surface area (Å²) in [6, 6.07) is 12.1. The van der Waals surface area contributed by atoms with E-state index in [4.69, 9.17) is 5.11 Å². The second-order valence-electron chi connectivity index (χ2n) is 6.40. The van der Waals surface area contributed by atoms with Crippen LogP contribution in [0.25, 0.3) is 0 Å². The van der Waals surface area contributed by atoms with Gasteiger partial charge in [0.15, 0.2) is 0 Å². The van der Waals surface area contributed by atoms with Gasteiger partial charge in [0.25, 0.3) is 5.91 Å². The lowest BCUT2D eigenvalue weighted by Gasteiger charge is -2.15. The summed E-state index contributed by atoms with van der Waals surface area (Å²) in [5.41, 5.74) is 3.65. The predicted octanol–water partition coefficient (Wildman–Crippen LogP) is 3.04. The van der Waals surface area contributed by atoms with Gasteiger partial charge in [0.1, 0.15) is 0 Å². The standard InChI is InChI=1S/C20H20N2O4/c1-12(20(25)26)14-3-6-17(7-4-14)21-19(24)16-5-8-18-15(11-16)9-10-22(18)13(2)23/h3-8,11-12H,9-10H2,1-2H3,(H,21,24)(H,25,26). The maximum atomic E-state index is 12.5. The van der Waals surface area contributed by atoms with E-state index in [0.717, 1.165) is 17.7 Å². The average molecular weight is 352 g/mol. The molecule has 1 heterocycles. The lowest BCUT2D eigenvalue weighted by Crippen LogP contribution is -2.25. The molecule has 2 aromatic carbocycles. The van der Waals surface area contributed by atoms with Crippen LogP contribution in [0.2, 0.25) is 0 Å². The van der Waals surface area contributed by atoms with E-state index in [2.05, 4.69) is 5.32 Å². The molecule has 6 heteroatoms. The molecule has 1 atom stereocenters. The summed E-state index contributed by atoms with van der Waals surface area (Å²) >= 11 is 0. The van der Waals surface area contributed by atoms with Gasteiger partial charge >= 0.3 is 5.97 Å². The largest absolute Gasteiger partial charge is 0.481 e. The number of amides is 2. The summed E-state index contributed by atoms with van der Waals surface area (Å²) in [5, 5.41) is 11.8. The van der Waals surface area contributed by atoms with Crippen molar-refractivity contribution in [2.75, 3.05) is 16.8 Å². The molecular formula is C20H20N2O4. The molecule has 0 radical (unpaired) electrons. The van der Waals surface area contributed by atoms with Crippen LogP contribution in [-0.2, 0) is 16.0 Å². The highest BCUT2D eigenvalue weighted by Crippen LogP contribution is 2.29. The number of carbonyl (C=O) groups excluding carboxylic acids is 2. The molecule has 6 nitrogen and oxygen atoms in total. The molecule has 2 amide bonds. The summed E-state index contributed by atoms with van der Waals surface area (Å²) in [4.78, 5) is 36.8. The molecule has 0 saturated carbocycles. The molecule has 2 aromatic rings. The van der Waals surface area contributed by atoms with E-state index in [9.17, 15) is 14.4 Å². The first kappa shape index (κ1) is 17.7. The van der Waals surface area contributed by atoms with Crippen molar-refractivity contribution >= 4 is 29.2 Å². The number of nitrogens with one attached hydrogen (secondary N) is 1. The average Bonchev–Trinajstić information content (AvgIpc) is 3.05. The third kappa shape index (κ3) is 3.44. The van der Waals surface area contributed by atoms with Gasteiger partial charge in [0, 0.05) is 30.4 Å². The summed E-state index contributed by atoms with van der Waals surface area (Å²) in [5.74, 6) is -1.73. The molecule has 134 valence electrons. The van der Waals surface area contributed by atoms with Crippen LogP contribution in [0.3, 0.4) is 0 Å². The molecule has 0 saturated heterocycles. The van der Waals surface area contributed by atoms with E-state index in [1.54, 1.807) is 48.2 Å². The lowest BCUT2D eigenvalue weighted by molar-refractivity contribution is -0.138. The molecular weight excluding hydrogens is 332 g/mol. The van der Waals surface area contributed by atoms with Gasteiger partial charge in [0.2, 0.25) is 5.91 Å². The Morgan fingerprint density at radius 1 is 1.12 bits per heavy atom. The molecule has 0 fully saturated rings. The van der Waals surface area contributed by atoms with Crippen LogP contribution in [0.4, 0.5) is 11.4 Å². The van der Waals surface area contributed by atoms with E-state index in [1.807, 2.05) is 6.07 Å². The Balaban J connectivity index is 1.73. The fraction of sp³-hybridized carbons (Fsp3) is 0.250. The highest BCUT2D eigenvalue weighted by atomic mass is 16.4. The van der Waals surface area contributed by atoms with Crippen LogP contribution in [0.5, 0.6) is 0 Å².